The van der Waals surface area contributed by atoms with Crippen molar-refractivity contribution in [3.05, 3.63) is 0 Å². The van der Waals surface area contributed by atoms with Gasteiger partial charge in [0.25, 0.3) is 0 Å². The Morgan fingerprint density at radius 3 is 2.33 bits per heavy atom. The maximum atomic E-state index is 11.1. The Balaban J connectivity index is 3.66. The minimum atomic E-state index is -0.914. The summed E-state index contributed by atoms with van der Waals surface area (Å²) < 4.78 is -0.633. The first-order valence-electron chi connectivity index (χ1n) is 3.53. The molecule has 0 saturated carbocycles. The summed E-state index contributed by atoms with van der Waals surface area (Å²) in [6.45, 7) is 3.56. The number of rotatable bonds is 4. The van der Waals surface area contributed by atoms with Gasteiger partial charge in [-0.25, -0.2) is 0 Å². The van der Waals surface area contributed by atoms with Crippen molar-refractivity contribution >= 4 is 27.8 Å². The number of aliphatic carboxylic acids is 1. The van der Waals surface area contributed by atoms with Crippen LogP contribution in [0.2, 0.25) is 0 Å². The van der Waals surface area contributed by atoms with Crippen LogP contribution in [0.3, 0.4) is 0 Å². The molecule has 0 aliphatic carbocycles. The van der Waals surface area contributed by atoms with Gasteiger partial charge in [-0.1, -0.05) is 15.9 Å². The normalized spacial score (nSPS) is 10.9. The predicted octanol–water partition coefficient (Wildman–Crippen LogP) is 0.751. The molecule has 0 heterocycles. The van der Waals surface area contributed by atoms with Crippen LogP contribution in [0.4, 0.5) is 0 Å². The van der Waals surface area contributed by atoms with E-state index in [-0.39, 0.29) is 18.9 Å². The summed E-state index contributed by atoms with van der Waals surface area (Å²) >= 11 is 3.15. The van der Waals surface area contributed by atoms with Crippen LogP contribution in [0.1, 0.15) is 20.3 Å². The number of carboxylic acids is 1. The monoisotopic (exact) mass is 237 g/mol. The first-order chi connectivity index (χ1) is 5.34. The first-order valence-corrected chi connectivity index (χ1v) is 4.32. The molecular formula is C7H12BrNO3. The Morgan fingerprint density at radius 2 is 2.00 bits per heavy atom. The topological polar surface area (TPSA) is 66.4 Å². The third-order valence-electron chi connectivity index (χ3n) is 1.16. The van der Waals surface area contributed by atoms with Gasteiger partial charge in [-0.15, -0.1) is 0 Å². The van der Waals surface area contributed by atoms with E-state index < -0.39 is 10.3 Å². The van der Waals surface area contributed by atoms with Gasteiger partial charge in [0.05, 0.1) is 10.7 Å². The standard InChI is InChI=1S/C7H12BrNO3/c1-7(2,8)6(12)9-4-3-5(10)11/h3-4H2,1-2H3,(H,9,12)(H,10,11). The van der Waals surface area contributed by atoms with E-state index in [2.05, 4.69) is 21.2 Å². The highest BCUT2D eigenvalue weighted by Gasteiger charge is 2.22. The number of alkyl halides is 1. The lowest BCUT2D eigenvalue weighted by Crippen LogP contribution is -2.38. The third-order valence-corrected chi connectivity index (χ3v) is 1.52. The Kier molecular flexibility index (Phi) is 4.23. The van der Waals surface area contributed by atoms with Crippen molar-refractivity contribution in [2.24, 2.45) is 0 Å². The van der Waals surface area contributed by atoms with Gasteiger partial charge in [0.2, 0.25) is 5.91 Å². The number of hydrogen-bond acceptors (Lipinski definition) is 2. The van der Waals surface area contributed by atoms with E-state index in [0.717, 1.165) is 0 Å². The third kappa shape index (κ3) is 5.12. The second kappa shape index (κ2) is 4.45. The minimum Gasteiger partial charge on any atom is -0.481 e. The fraction of sp³-hybridized carbons (Fsp3) is 0.714. The molecule has 4 nitrogen and oxygen atoms in total. The number of carbonyl (C=O) groups excluding carboxylic acids is 1. The molecule has 0 saturated heterocycles. The molecule has 0 spiro atoms. The van der Waals surface area contributed by atoms with Crippen molar-refractivity contribution in [2.75, 3.05) is 6.54 Å². The molecule has 12 heavy (non-hydrogen) atoms. The molecule has 0 aliphatic heterocycles. The van der Waals surface area contributed by atoms with Crippen LogP contribution in [0.25, 0.3) is 0 Å². The molecule has 0 aromatic heterocycles. The van der Waals surface area contributed by atoms with Crippen molar-refractivity contribution in [2.45, 2.75) is 24.6 Å². The quantitative estimate of drug-likeness (QED) is 0.710. The van der Waals surface area contributed by atoms with Crippen LogP contribution < -0.4 is 5.32 Å². The highest BCUT2D eigenvalue weighted by atomic mass is 79.9. The van der Waals surface area contributed by atoms with Gasteiger partial charge in [0.1, 0.15) is 0 Å². The number of amides is 1. The number of carbonyl (C=O) groups is 2. The first kappa shape index (κ1) is 11.4. The molecule has 0 aliphatic rings. The summed E-state index contributed by atoms with van der Waals surface area (Å²) in [5, 5.41) is 10.8. The van der Waals surface area contributed by atoms with Crippen LogP contribution in [0, 0.1) is 0 Å². The molecule has 5 heteroatoms. The second-order valence-corrected chi connectivity index (χ2v) is 4.85. The van der Waals surface area contributed by atoms with Crippen LogP contribution in [0.15, 0.2) is 0 Å². The lowest BCUT2D eigenvalue weighted by atomic mass is 10.2. The predicted molar refractivity (Wildman–Crippen MR) is 48.3 cm³/mol. The van der Waals surface area contributed by atoms with E-state index in [1.165, 1.54) is 0 Å². The zero-order chi connectivity index (χ0) is 9.78. The SMILES string of the molecule is CC(C)(Br)C(=O)NCCC(=O)O. The van der Waals surface area contributed by atoms with Crippen molar-refractivity contribution in [3.63, 3.8) is 0 Å². The molecule has 1 amide bonds. The van der Waals surface area contributed by atoms with Gasteiger partial charge >= 0.3 is 5.97 Å². The molecule has 0 unspecified atom stereocenters. The lowest BCUT2D eigenvalue weighted by Gasteiger charge is -2.14. The van der Waals surface area contributed by atoms with Crippen LogP contribution >= 0.6 is 15.9 Å². The summed E-state index contributed by atoms with van der Waals surface area (Å²) in [6, 6.07) is 0. The summed E-state index contributed by atoms with van der Waals surface area (Å²) in [5.41, 5.74) is 0. The highest BCUT2D eigenvalue weighted by Crippen LogP contribution is 2.14. The largest absolute Gasteiger partial charge is 0.481 e. The van der Waals surface area contributed by atoms with Crippen LogP contribution in [-0.2, 0) is 9.59 Å². The van der Waals surface area contributed by atoms with E-state index in [1.807, 2.05) is 0 Å². The Bertz CT molecular complexity index is 186. The van der Waals surface area contributed by atoms with Gasteiger partial charge in [0.15, 0.2) is 0 Å². The molecule has 0 aromatic rings. The molecule has 0 atom stereocenters. The van der Waals surface area contributed by atoms with E-state index in [4.69, 9.17) is 5.11 Å². The van der Waals surface area contributed by atoms with Crippen LogP contribution in [0.5, 0.6) is 0 Å². The van der Waals surface area contributed by atoms with E-state index in [1.54, 1.807) is 13.8 Å². The van der Waals surface area contributed by atoms with Gasteiger partial charge in [0, 0.05) is 6.54 Å². The molecule has 0 bridgehead atoms. The second-order valence-electron chi connectivity index (χ2n) is 2.87. The van der Waals surface area contributed by atoms with Crippen molar-refractivity contribution < 1.29 is 14.7 Å². The Morgan fingerprint density at radius 1 is 1.50 bits per heavy atom. The van der Waals surface area contributed by atoms with Crippen LogP contribution in [-0.4, -0.2) is 27.9 Å². The summed E-state index contributed by atoms with van der Waals surface area (Å²) in [4.78, 5) is 21.2. The molecule has 0 radical (unpaired) electrons. The van der Waals surface area contributed by atoms with Crippen molar-refractivity contribution in [1.82, 2.24) is 5.32 Å². The van der Waals surface area contributed by atoms with E-state index >= 15 is 0 Å². The fourth-order valence-corrected chi connectivity index (χ4v) is 0.633. The summed E-state index contributed by atoms with van der Waals surface area (Å²) in [6.07, 6.45) is -0.0468. The number of carboxylic acid groups (broad SMARTS) is 1. The molecule has 70 valence electrons. The Labute approximate surface area is 79.5 Å². The van der Waals surface area contributed by atoms with Crippen molar-refractivity contribution in [3.8, 4) is 0 Å². The average molecular weight is 238 g/mol. The smallest absolute Gasteiger partial charge is 0.305 e. The molecule has 0 aromatic carbocycles. The number of hydrogen-bond donors (Lipinski definition) is 2. The maximum absolute atomic E-state index is 11.1. The van der Waals surface area contributed by atoms with E-state index in [0.29, 0.717) is 0 Å². The lowest BCUT2D eigenvalue weighted by molar-refractivity contribution is -0.136. The summed E-state index contributed by atoms with van der Waals surface area (Å²) in [5.74, 6) is -1.12. The minimum absolute atomic E-state index is 0.0468. The average Bonchev–Trinajstić information content (AvgIpc) is 1.84. The molecule has 0 fully saturated rings. The van der Waals surface area contributed by atoms with Gasteiger partial charge in [-0.2, -0.15) is 0 Å². The summed E-state index contributed by atoms with van der Waals surface area (Å²) in [7, 11) is 0. The van der Waals surface area contributed by atoms with Crippen molar-refractivity contribution in [1.29, 1.82) is 0 Å². The fourth-order valence-electron chi connectivity index (χ4n) is 0.493. The maximum Gasteiger partial charge on any atom is 0.305 e. The zero-order valence-corrected chi connectivity index (χ0v) is 8.64. The molecule has 0 rings (SSSR count). The van der Waals surface area contributed by atoms with Gasteiger partial charge < -0.3 is 10.4 Å². The number of nitrogens with one attached hydrogen (secondary N) is 1. The Hall–Kier alpha value is -0.580. The molecular weight excluding hydrogens is 226 g/mol. The number of halogens is 1. The van der Waals surface area contributed by atoms with Gasteiger partial charge in [-0.3, -0.25) is 9.59 Å². The van der Waals surface area contributed by atoms with E-state index in [9.17, 15) is 9.59 Å². The zero-order valence-electron chi connectivity index (χ0n) is 7.06. The highest BCUT2D eigenvalue weighted by molar-refractivity contribution is 9.10. The van der Waals surface area contributed by atoms with Gasteiger partial charge in [-0.05, 0) is 13.8 Å². The molecule has 2 N–H and O–H groups in total.